The van der Waals surface area contributed by atoms with Crippen molar-refractivity contribution in [2.45, 2.75) is 18.2 Å². The van der Waals surface area contributed by atoms with E-state index in [1.807, 2.05) is 6.07 Å². The van der Waals surface area contributed by atoms with Crippen molar-refractivity contribution in [3.63, 3.8) is 0 Å². The Morgan fingerprint density at radius 3 is 2.42 bits per heavy atom. The number of amides is 1. The third-order valence-corrected chi connectivity index (χ3v) is 5.71. The summed E-state index contributed by atoms with van der Waals surface area (Å²) in [5.41, 5.74) is 1.99. The number of nitriles is 1. The number of carbonyl (C=O) groups is 1. The SMILES string of the molecule is COc1cc(CC(=O)Nc2ccc(S(N)(=O)=O)cc2C)cc(Oc2cc(Cl)cc(C#N)c2)c1. The van der Waals surface area contributed by atoms with Gasteiger partial charge in [0.15, 0.2) is 0 Å². The molecule has 0 aromatic heterocycles. The molecule has 3 aromatic rings. The monoisotopic (exact) mass is 485 g/mol. The molecule has 0 saturated carbocycles. The Hall–Kier alpha value is -3.58. The number of anilines is 1. The van der Waals surface area contributed by atoms with Crippen molar-refractivity contribution in [1.82, 2.24) is 0 Å². The minimum Gasteiger partial charge on any atom is -0.497 e. The topological polar surface area (TPSA) is 132 Å². The van der Waals surface area contributed by atoms with Gasteiger partial charge in [-0.3, -0.25) is 4.79 Å². The predicted molar refractivity (Wildman–Crippen MR) is 124 cm³/mol. The van der Waals surface area contributed by atoms with Gasteiger partial charge in [-0.2, -0.15) is 5.26 Å². The van der Waals surface area contributed by atoms with Crippen LogP contribution in [0.4, 0.5) is 5.69 Å². The van der Waals surface area contributed by atoms with Gasteiger partial charge in [-0.15, -0.1) is 0 Å². The number of sulfonamides is 1. The third-order valence-electron chi connectivity index (χ3n) is 4.58. The molecule has 0 unspecified atom stereocenters. The molecule has 3 N–H and O–H groups in total. The number of nitrogens with two attached hydrogens (primary N) is 1. The van der Waals surface area contributed by atoms with Crippen LogP contribution in [-0.4, -0.2) is 21.4 Å². The molecule has 0 bridgehead atoms. The summed E-state index contributed by atoms with van der Waals surface area (Å²) in [6, 6.07) is 15.9. The van der Waals surface area contributed by atoms with Gasteiger partial charge >= 0.3 is 0 Å². The number of benzene rings is 3. The van der Waals surface area contributed by atoms with Gasteiger partial charge in [-0.05, 0) is 66.6 Å². The van der Waals surface area contributed by atoms with E-state index in [0.29, 0.717) is 44.6 Å². The first-order valence-electron chi connectivity index (χ1n) is 9.57. The van der Waals surface area contributed by atoms with Crippen LogP contribution < -0.4 is 19.9 Å². The van der Waals surface area contributed by atoms with E-state index in [2.05, 4.69) is 5.32 Å². The van der Waals surface area contributed by atoms with E-state index in [9.17, 15) is 13.2 Å². The Labute approximate surface area is 196 Å². The number of halogens is 1. The van der Waals surface area contributed by atoms with Gasteiger partial charge in [0.25, 0.3) is 0 Å². The first-order chi connectivity index (χ1) is 15.6. The number of methoxy groups -OCH3 is 1. The lowest BCUT2D eigenvalue weighted by Gasteiger charge is -2.12. The zero-order chi connectivity index (χ0) is 24.2. The second kappa shape index (κ2) is 9.92. The molecule has 0 radical (unpaired) electrons. The fraction of sp³-hybridized carbons (Fsp3) is 0.130. The summed E-state index contributed by atoms with van der Waals surface area (Å²) in [7, 11) is -2.34. The van der Waals surface area contributed by atoms with Crippen LogP contribution >= 0.6 is 11.6 Å². The van der Waals surface area contributed by atoms with Crippen LogP contribution in [0.15, 0.2) is 59.5 Å². The average molecular weight is 486 g/mol. The summed E-state index contributed by atoms with van der Waals surface area (Å²) < 4.78 is 34.1. The minimum absolute atomic E-state index is 0.00291. The van der Waals surface area contributed by atoms with Crippen molar-refractivity contribution in [3.05, 3.63) is 76.3 Å². The molecule has 0 aliphatic heterocycles. The number of nitrogens with one attached hydrogen (secondary N) is 1. The molecule has 0 aliphatic rings. The van der Waals surface area contributed by atoms with E-state index in [4.69, 9.17) is 31.5 Å². The fourth-order valence-corrected chi connectivity index (χ4v) is 3.89. The molecule has 170 valence electrons. The fourth-order valence-electron chi connectivity index (χ4n) is 3.06. The molecule has 33 heavy (non-hydrogen) atoms. The van der Waals surface area contributed by atoms with Crippen molar-refractivity contribution < 1.29 is 22.7 Å². The average Bonchev–Trinajstić information content (AvgIpc) is 2.73. The van der Waals surface area contributed by atoms with Gasteiger partial charge in [-0.25, -0.2) is 13.6 Å². The third kappa shape index (κ3) is 6.46. The number of primary sulfonamides is 1. The standard InChI is InChI=1S/C23H20ClN3O5S/c1-14-5-21(33(26,29)30)3-4-22(14)27-23(28)10-15-7-18(31-2)12-20(8-15)32-19-9-16(13-25)6-17(24)11-19/h3-9,11-12H,10H2,1-2H3,(H,27,28)(H2,26,29,30). The summed E-state index contributed by atoms with van der Waals surface area (Å²) in [5, 5.41) is 17.4. The highest BCUT2D eigenvalue weighted by atomic mass is 35.5. The molecule has 3 rings (SSSR count). The lowest BCUT2D eigenvalue weighted by Crippen LogP contribution is -2.16. The molecule has 0 heterocycles. The minimum atomic E-state index is -3.83. The molecule has 8 nitrogen and oxygen atoms in total. The second-order valence-electron chi connectivity index (χ2n) is 7.15. The zero-order valence-electron chi connectivity index (χ0n) is 17.8. The van der Waals surface area contributed by atoms with Crippen LogP contribution in [0.5, 0.6) is 17.2 Å². The summed E-state index contributed by atoms with van der Waals surface area (Å²) in [6.07, 6.45) is 0.00291. The lowest BCUT2D eigenvalue weighted by molar-refractivity contribution is -0.115. The zero-order valence-corrected chi connectivity index (χ0v) is 19.3. The number of rotatable bonds is 7. The Morgan fingerprint density at radius 2 is 1.79 bits per heavy atom. The number of hydrogen-bond acceptors (Lipinski definition) is 6. The quantitative estimate of drug-likeness (QED) is 0.516. The normalized spacial score (nSPS) is 10.9. The molecule has 3 aromatic carbocycles. The first kappa shape index (κ1) is 24.1. The first-order valence-corrected chi connectivity index (χ1v) is 11.5. The number of hydrogen-bond donors (Lipinski definition) is 2. The molecular weight excluding hydrogens is 466 g/mol. The summed E-state index contributed by atoms with van der Waals surface area (Å²) in [6.45, 7) is 1.67. The number of nitrogens with zero attached hydrogens (tertiary/aromatic N) is 1. The molecule has 1 amide bonds. The number of ether oxygens (including phenoxy) is 2. The summed E-state index contributed by atoms with van der Waals surface area (Å²) in [5.74, 6) is 0.923. The van der Waals surface area contributed by atoms with E-state index in [-0.39, 0.29) is 17.2 Å². The molecule has 0 fully saturated rings. The van der Waals surface area contributed by atoms with Gasteiger partial charge in [0, 0.05) is 16.8 Å². The Bertz CT molecular complexity index is 1370. The van der Waals surface area contributed by atoms with Gasteiger partial charge in [-0.1, -0.05) is 11.6 Å². The van der Waals surface area contributed by atoms with E-state index >= 15 is 0 Å². The van der Waals surface area contributed by atoms with E-state index in [1.165, 1.54) is 31.4 Å². The van der Waals surface area contributed by atoms with Crippen molar-refractivity contribution in [2.24, 2.45) is 5.14 Å². The van der Waals surface area contributed by atoms with E-state index in [1.54, 1.807) is 37.3 Å². The molecule has 10 heteroatoms. The maximum Gasteiger partial charge on any atom is 0.238 e. The maximum atomic E-state index is 12.6. The lowest BCUT2D eigenvalue weighted by atomic mass is 10.1. The number of aryl methyl sites for hydroxylation is 1. The predicted octanol–water partition coefficient (Wildman–Crippen LogP) is 4.15. The largest absolute Gasteiger partial charge is 0.497 e. The van der Waals surface area contributed by atoms with Gasteiger partial charge in [0.2, 0.25) is 15.9 Å². The van der Waals surface area contributed by atoms with Crippen LogP contribution in [-0.2, 0) is 21.2 Å². The van der Waals surface area contributed by atoms with Crippen molar-refractivity contribution in [1.29, 1.82) is 5.26 Å². The van der Waals surface area contributed by atoms with Gasteiger partial charge in [0.1, 0.15) is 17.2 Å². The van der Waals surface area contributed by atoms with Crippen LogP contribution in [0.1, 0.15) is 16.7 Å². The van der Waals surface area contributed by atoms with Crippen molar-refractivity contribution in [2.75, 3.05) is 12.4 Å². The Kier molecular flexibility index (Phi) is 7.23. The van der Waals surface area contributed by atoms with Crippen LogP contribution in [0.3, 0.4) is 0 Å². The number of carbonyl (C=O) groups excluding carboxylic acids is 1. The second-order valence-corrected chi connectivity index (χ2v) is 9.15. The van der Waals surface area contributed by atoms with Gasteiger partial charge in [0.05, 0.1) is 30.1 Å². The highest BCUT2D eigenvalue weighted by molar-refractivity contribution is 7.89. The maximum absolute atomic E-state index is 12.6. The molecule has 0 spiro atoms. The Balaban J connectivity index is 1.79. The summed E-state index contributed by atoms with van der Waals surface area (Å²) >= 11 is 6.03. The highest BCUT2D eigenvalue weighted by Gasteiger charge is 2.13. The van der Waals surface area contributed by atoms with Crippen molar-refractivity contribution >= 4 is 33.2 Å². The van der Waals surface area contributed by atoms with Gasteiger partial charge < -0.3 is 14.8 Å². The Morgan fingerprint density at radius 1 is 1.09 bits per heavy atom. The molecular formula is C23H20ClN3O5S. The van der Waals surface area contributed by atoms with E-state index < -0.39 is 10.0 Å². The van der Waals surface area contributed by atoms with E-state index in [0.717, 1.165) is 0 Å². The highest BCUT2D eigenvalue weighted by Crippen LogP contribution is 2.30. The smallest absolute Gasteiger partial charge is 0.238 e. The van der Waals surface area contributed by atoms with Crippen LogP contribution in [0.25, 0.3) is 0 Å². The summed E-state index contributed by atoms with van der Waals surface area (Å²) in [4.78, 5) is 12.6. The molecule has 0 saturated heterocycles. The van der Waals surface area contributed by atoms with Crippen molar-refractivity contribution in [3.8, 4) is 23.3 Å². The van der Waals surface area contributed by atoms with Crippen LogP contribution in [0.2, 0.25) is 5.02 Å². The molecule has 0 aliphatic carbocycles. The van der Waals surface area contributed by atoms with Crippen LogP contribution in [0, 0.1) is 18.3 Å². The molecule has 0 atom stereocenters.